The van der Waals surface area contributed by atoms with Crippen molar-refractivity contribution < 1.29 is 23.9 Å². The van der Waals surface area contributed by atoms with Crippen molar-refractivity contribution in [3.63, 3.8) is 0 Å². The number of ether oxygens (including phenoxy) is 1. The highest BCUT2D eigenvalue weighted by molar-refractivity contribution is 7.14. The number of hydrogen-bond donors (Lipinski definition) is 0. The Morgan fingerprint density at radius 2 is 1.92 bits per heavy atom. The highest BCUT2D eigenvalue weighted by Gasteiger charge is 2.32. The van der Waals surface area contributed by atoms with Gasteiger partial charge in [0.2, 0.25) is 11.7 Å². The van der Waals surface area contributed by atoms with Crippen LogP contribution < -0.4 is 0 Å². The van der Waals surface area contributed by atoms with Crippen molar-refractivity contribution in [3.05, 3.63) is 57.3 Å². The van der Waals surface area contributed by atoms with Gasteiger partial charge < -0.3 is 4.74 Å². The number of thiophene rings is 1. The fraction of sp³-hybridized carbons (Fsp3) is 0.222. The second-order valence-electron chi connectivity index (χ2n) is 5.61. The van der Waals surface area contributed by atoms with Gasteiger partial charge in [-0.3, -0.25) is 24.1 Å². The van der Waals surface area contributed by atoms with Crippen molar-refractivity contribution in [2.24, 2.45) is 0 Å². The Balaban J connectivity index is 1.60. The Morgan fingerprint density at radius 1 is 1.16 bits per heavy atom. The van der Waals surface area contributed by atoms with E-state index in [4.69, 9.17) is 4.74 Å². The number of benzene rings is 1. The minimum Gasteiger partial charge on any atom is -0.456 e. The molecule has 0 atom stereocenters. The molecule has 1 aromatic heterocycles. The minimum absolute atomic E-state index is 0.0581. The van der Waals surface area contributed by atoms with Gasteiger partial charge >= 0.3 is 5.97 Å². The first-order valence-corrected chi connectivity index (χ1v) is 8.45. The topological polar surface area (TPSA) is 80.8 Å². The van der Waals surface area contributed by atoms with Gasteiger partial charge in [0, 0.05) is 10.4 Å². The number of imide groups is 1. The molecule has 0 radical (unpaired) electrons. The average Bonchev–Trinajstić information content (AvgIpc) is 3.03. The third kappa shape index (κ3) is 3.66. The maximum absolute atomic E-state index is 12.4. The first kappa shape index (κ1) is 17.0. The zero-order valence-electron chi connectivity index (χ0n) is 13.5. The molecule has 128 valence electrons. The summed E-state index contributed by atoms with van der Waals surface area (Å²) in [5.41, 5.74) is 1.05. The summed E-state index contributed by atoms with van der Waals surface area (Å²) in [5.74, 6) is -2.08. The maximum atomic E-state index is 12.4. The lowest BCUT2D eigenvalue weighted by molar-refractivity contribution is -0.146. The Bertz CT molecular complexity index is 870. The van der Waals surface area contributed by atoms with E-state index in [2.05, 4.69) is 0 Å². The standard InChI is InChI=1S/C18H15NO5S/c1-11-6-7-15(25-11)14(20)10-24-17(22)9-19-16(21)8-12-4-2-3-5-13(12)18(19)23/h2-7H,8-10H2,1H3. The molecule has 0 fully saturated rings. The van der Waals surface area contributed by atoms with Gasteiger partial charge in [0.05, 0.1) is 11.3 Å². The first-order valence-electron chi connectivity index (χ1n) is 7.63. The molecule has 0 bridgehead atoms. The molecule has 0 spiro atoms. The predicted octanol–water partition coefficient (Wildman–Crippen LogP) is 2.01. The molecule has 2 aromatic rings. The molecule has 0 unspecified atom stereocenters. The third-order valence-corrected chi connectivity index (χ3v) is 4.84. The van der Waals surface area contributed by atoms with Crippen LogP contribution in [0.1, 0.15) is 30.5 Å². The Hall–Kier alpha value is -2.80. The summed E-state index contributed by atoms with van der Waals surface area (Å²) in [6.07, 6.45) is 0.0581. The smallest absolute Gasteiger partial charge is 0.326 e. The molecule has 3 rings (SSSR count). The van der Waals surface area contributed by atoms with E-state index in [-0.39, 0.29) is 12.2 Å². The number of fused-ring (bicyclic) bond motifs is 1. The quantitative estimate of drug-likeness (QED) is 0.464. The number of carbonyl (C=O) groups excluding carboxylic acids is 4. The Labute approximate surface area is 148 Å². The second-order valence-corrected chi connectivity index (χ2v) is 6.90. The van der Waals surface area contributed by atoms with Crippen LogP contribution in [-0.4, -0.2) is 41.6 Å². The number of nitrogens with zero attached hydrogens (tertiary/aromatic N) is 1. The number of carbonyl (C=O) groups is 4. The van der Waals surface area contributed by atoms with Crippen molar-refractivity contribution in [1.29, 1.82) is 0 Å². The normalized spacial score (nSPS) is 13.6. The van der Waals surface area contributed by atoms with E-state index < -0.39 is 30.9 Å². The molecular formula is C18H15NO5S. The Kier molecular flexibility index (Phi) is 4.76. The molecule has 2 amide bonds. The summed E-state index contributed by atoms with van der Waals surface area (Å²) in [4.78, 5) is 50.7. The van der Waals surface area contributed by atoms with Gasteiger partial charge in [0.25, 0.3) is 5.91 Å². The van der Waals surface area contributed by atoms with Crippen molar-refractivity contribution in [2.45, 2.75) is 13.3 Å². The van der Waals surface area contributed by atoms with Gasteiger partial charge in [-0.15, -0.1) is 11.3 Å². The largest absolute Gasteiger partial charge is 0.456 e. The highest BCUT2D eigenvalue weighted by atomic mass is 32.1. The van der Waals surface area contributed by atoms with Gasteiger partial charge in [-0.05, 0) is 30.7 Å². The van der Waals surface area contributed by atoms with Crippen LogP contribution in [0.15, 0.2) is 36.4 Å². The fourth-order valence-electron chi connectivity index (χ4n) is 2.54. The van der Waals surface area contributed by atoms with E-state index in [0.29, 0.717) is 16.0 Å². The molecule has 0 N–H and O–H groups in total. The lowest BCUT2D eigenvalue weighted by atomic mass is 9.98. The molecule has 0 aliphatic carbocycles. The molecule has 1 aliphatic rings. The van der Waals surface area contributed by atoms with E-state index in [1.54, 1.807) is 30.3 Å². The summed E-state index contributed by atoms with van der Waals surface area (Å²) in [6, 6.07) is 10.3. The molecule has 25 heavy (non-hydrogen) atoms. The predicted molar refractivity (Wildman–Crippen MR) is 90.5 cm³/mol. The van der Waals surface area contributed by atoms with E-state index in [1.807, 2.05) is 13.0 Å². The monoisotopic (exact) mass is 357 g/mol. The molecule has 1 aromatic carbocycles. The van der Waals surface area contributed by atoms with Crippen LogP contribution >= 0.6 is 11.3 Å². The second kappa shape index (κ2) is 6.98. The van der Waals surface area contributed by atoms with Crippen LogP contribution in [0, 0.1) is 6.92 Å². The summed E-state index contributed by atoms with van der Waals surface area (Å²) < 4.78 is 4.93. The number of rotatable bonds is 5. The van der Waals surface area contributed by atoms with E-state index in [9.17, 15) is 19.2 Å². The number of hydrogen-bond acceptors (Lipinski definition) is 6. The molecule has 0 saturated carbocycles. The molecule has 7 heteroatoms. The zero-order valence-corrected chi connectivity index (χ0v) is 14.3. The number of aryl methyl sites for hydroxylation is 1. The van der Waals surface area contributed by atoms with Crippen LogP contribution in [0.2, 0.25) is 0 Å². The summed E-state index contributed by atoms with van der Waals surface area (Å²) in [6.45, 7) is 0.965. The van der Waals surface area contributed by atoms with Gasteiger partial charge in [-0.2, -0.15) is 0 Å². The molecule has 6 nitrogen and oxygen atoms in total. The van der Waals surface area contributed by atoms with Gasteiger partial charge in [-0.1, -0.05) is 18.2 Å². The van der Waals surface area contributed by atoms with Crippen LogP contribution in [0.3, 0.4) is 0 Å². The minimum atomic E-state index is -0.789. The van der Waals surface area contributed by atoms with Crippen molar-refractivity contribution in [2.75, 3.05) is 13.2 Å². The number of amides is 2. The molecule has 0 saturated heterocycles. The maximum Gasteiger partial charge on any atom is 0.326 e. The highest BCUT2D eigenvalue weighted by Crippen LogP contribution is 2.19. The van der Waals surface area contributed by atoms with E-state index in [1.165, 1.54) is 11.3 Å². The summed E-state index contributed by atoms with van der Waals surface area (Å²) in [5, 5.41) is 0. The molecule has 2 heterocycles. The fourth-order valence-corrected chi connectivity index (χ4v) is 3.33. The van der Waals surface area contributed by atoms with Crippen LogP contribution in [0.5, 0.6) is 0 Å². The third-order valence-electron chi connectivity index (χ3n) is 3.80. The first-order chi connectivity index (χ1) is 12.0. The van der Waals surface area contributed by atoms with Crippen molar-refractivity contribution in [3.8, 4) is 0 Å². The summed E-state index contributed by atoms with van der Waals surface area (Å²) in [7, 11) is 0. The number of ketones is 1. The lowest BCUT2D eigenvalue weighted by Crippen LogP contribution is -2.45. The molecule has 1 aliphatic heterocycles. The van der Waals surface area contributed by atoms with E-state index >= 15 is 0 Å². The average molecular weight is 357 g/mol. The lowest BCUT2D eigenvalue weighted by Gasteiger charge is -2.25. The van der Waals surface area contributed by atoms with Crippen LogP contribution in [0.4, 0.5) is 0 Å². The van der Waals surface area contributed by atoms with Gasteiger partial charge in [0.15, 0.2) is 6.61 Å². The summed E-state index contributed by atoms with van der Waals surface area (Å²) >= 11 is 1.32. The van der Waals surface area contributed by atoms with Crippen molar-refractivity contribution >= 4 is 34.9 Å². The van der Waals surface area contributed by atoms with Crippen molar-refractivity contribution in [1.82, 2.24) is 4.90 Å². The van der Waals surface area contributed by atoms with Gasteiger partial charge in [-0.25, -0.2) is 0 Å². The number of esters is 1. The van der Waals surface area contributed by atoms with E-state index in [0.717, 1.165) is 9.78 Å². The van der Waals surface area contributed by atoms with Gasteiger partial charge in [0.1, 0.15) is 6.54 Å². The number of Topliss-reactive ketones (excluding diaryl/α,β-unsaturated/α-hetero) is 1. The zero-order chi connectivity index (χ0) is 18.0. The van der Waals surface area contributed by atoms with Crippen LogP contribution in [0.25, 0.3) is 0 Å². The van der Waals surface area contributed by atoms with Crippen LogP contribution in [-0.2, 0) is 20.7 Å². The SMILES string of the molecule is Cc1ccc(C(=O)COC(=O)CN2C(=O)Cc3ccccc3C2=O)s1. The Morgan fingerprint density at radius 3 is 2.64 bits per heavy atom. The molecular weight excluding hydrogens is 342 g/mol.